The third-order valence-corrected chi connectivity index (χ3v) is 6.02. The topological polar surface area (TPSA) is 34.1 Å². The fourth-order valence-corrected chi connectivity index (χ4v) is 4.73. The Morgan fingerprint density at radius 1 is 1.00 bits per heavy atom. The molecule has 2 nitrogen and oxygen atoms in total. The van der Waals surface area contributed by atoms with Gasteiger partial charge in [0, 0.05) is 6.42 Å². The standard InChI is InChI=1S/C17H18O2S/c1-3-12-8-9-14-11-15-13(4-2)6-5-7-16(15)20(18,19)17(14)10-12/h5-10H,3-4,11H2,1-2H3. The summed E-state index contributed by atoms with van der Waals surface area (Å²) in [4.78, 5) is 0.996. The van der Waals surface area contributed by atoms with Gasteiger partial charge in [-0.3, -0.25) is 0 Å². The highest BCUT2D eigenvalue weighted by molar-refractivity contribution is 7.91. The molecule has 0 radical (unpaired) electrons. The van der Waals surface area contributed by atoms with Crippen LogP contribution in [-0.4, -0.2) is 8.42 Å². The summed E-state index contributed by atoms with van der Waals surface area (Å²) in [7, 11) is -3.37. The predicted octanol–water partition coefficient (Wildman–Crippen LogP) is 3.55. The Morgan fingerprint density at radius 2 is 1.80 bits per heavy atom. The van der Waals surface area contributed by atoms with Gasteiger partial charge in [-0.25, -0.2) is 8.42 Å². The summed E-state index contributed by atoms with van der Waals surface area (Å²) in [6, 6.07) is 11.5. The second-order valence-corrected chi connectivity index (χ2v) is 7.11. The van der Waals surface area contributed by atoms with Crippen LogP contribution in [0.5, 0.6) is 0 Å². The van der Waals surface area contributed by atoms with Crippen molar-refractivity contribution in [3.63, 3.8) is 0 Å². The largest absolute Gasteiger partial charge is 0.218 e. The van der Waals surface area contributed by atoms with Crippen LogP contribution in [0, 0.1) is 0 Å². The maximum atomic E-state index is 12.8. The number of rotatable bonds is 2. The van der Waals surface area contributed by atoms with Crippen LogP contribution in [-0.2, 0) is 29.1 Å². The van der Waals surface area contributed by atoms with E-state index in [4.69, 9.17) is 0 Å². The molecule has 0 atom stereocenters. The molecule has 0 aliphatic carbocycles. The van der Waals surface area contributed by atoms with Crippen LogP contribution in [0.2, 0.25) is 0 Å². The quantitative estimate of drug-likeness (QED) is 0.722. The van der Waals surface area contributed by atoms with Crippen molar-refractivity contribution in [3.05, 3.63) is 58.7 Å². The third-order valence-electron chi connectivity index (χ3n) is 4.10. The van der Waals surface area contributed by atoms with Gasteiger partial charge < -0.3 is 0 Å². The van der Waals surface area contributed by atoms with E-state index in [9.17, 15) is 8.42 Å². The monoisotopic (exact) mass is 286 g/mol. The number of aryl methyl sites for hydroxylation is 2. The summed E-state index contributed by atoms with van der Waals surface area (Å²) in [5.41, 5.74) is 4.11. The van der Waals surface area contributed by atoms with Gasteiger partial charge in [0.05, 0.1) is 9.79 Å². The molecule has 2 aromatic carbocycles. The first-order valence-corrected chi connectivity index (χ1v) is 8.54. The number of hydrogen-bond donors (Lipinski definition) is 0. The van der Waals surface area contributed by atoms with Crippen molar-refractivity contribution in [2.75, 3.05) is 0 Å². The second-order valence-electron chi connectivity index (χ2n) is 5.22. The molecular weight excluding hydrogens is 268 g/mol. The highest BCUT2D eigenvalue weighted by Gasteiger charge is 2.30. The molecule has 104 valence electrons. The zero-order chi connectivity index (χ0) is 14.3. The molecule has 0 saturated carbocycles. The van der Waals surface area contributed by atoms with Crippen LogP contribution in [0.3, 0.4) is 0 Å². The summed E-state index contributed by atoms with van der Waals surface area (Å²) in [5.74, 6) is 0. The number of sulfone groups is 1. The molecule has 3 heteroatoms. The average Bonchev–Trinajstić information content (AvgIpc) is 2.46. The fraction of sp³-hybridized carbons (Fsp3) is 0.294. The summed E-state index contributed by atoms with van der Waals surface area (Å²) in [6.07, 6.45) is 2.43. The van der Waals surface area contributed by atoms with E-state index in [-0.39, 0.29) is 0 Å². The van der Waals surface area contributed by atoms with Gasteiger partial charge in [0.2, 0.25) is 9.84 Å². The van der Waals surface area contributed by atoms with Gasteiger partial charge in [-0.15, -0.1) is 0 Å². The van der Waals surface area contributed by atoms with E-state index in [0.29, 0.717) is 9.79 Å². The van der Waals surface area contributed by atoms with E-state index in [1.807, 2.05) is 37.3 Å². The summed E-state index contributed by atoms with van der Waals surface area (Å²) < 4.78 is 25.7. The molecule has 1 heterocycles. The van der Waals surface area contributed by atoms with Crippen molar-refractivity contribution in [2.45, 2.75) is 42.9 Å². The Bertz CT molecular complexity index is 766. The highest BCUT2D eigenvalue weighted by Crippen LogP contribution is 2.36. The van der Waals surface area contributed by atoms with Gasteiger partial charge in [0.15, 0.2) is 0 Å². The number of benzene rings is 2. The van der Waals surface area contributed by atoms with Crippen molar-refractivity contribution in [2.24, 2.45) is 0 Å². The van der Waals surface area contributed by atoms with Gasteiger partial charge in [-0.1, -0.05) is 38.1 Å². The van der Waals surface area contributed by atoms with Gasteiger partial charge in [-0.2, -0.15) is 0 Å². The molecule has 1 aliphatic rings. The van der Waals surface area contributed by atoms with Crippen molar-refractivity contribution in [3.8, 4) is 0 Å². The van der Waals surface area contributed by atoms with Crippen molar-refractivity contribution >= 4 is 9.84 Å². The molecule has 0 fully saturated rings. The summed E-state index contributed by atoms with van der Waals surface area (Å²) in [5, 5.41) is 0. The van der Waals surface area contributed by atoms with Crippen LogP contribution in [0.15, 0.2) is 46.2 Å². The van der Waals surface area contributed by atoms with Crippen molar-refractivity contribution in [1.82, 2.24) is 0 Å². The van der Waals surface area contributed by atoms with Gasteiger partial charge in [0.1, 0.15) is 0 Å². The number of fused-ring (bicyclic) bond motifs is 2. The molecule has 1 aliphatic heterocycles. The minimum atomic E-state index is -3.37. The lowest BCUT2D eigenvalue weighted by molar-refractivity contribution is 0.591. The average molecular weight is 286 g/mol. The van der Waals surface area contributed by atoms with E-state index in [1.54, 1.807) is 6.07 Å². The van der Waals surface area contributed by atoms with Crippen molar-refractivity contribution < 1.29 is 8.42 Å². The van der Waals surface area contributed by atoms with Crippen LogP contribution in [0.25, 0.3) is 0 Å². The Morgan fingerprint density at radius 3 is 2.50 bits per heavy atom. The lowest BCUT2D eigenvalue weighted by Crippen LogP contribution is -2.16. The van der Waals surface area contributed by atoms with Gasteiger partial charge >= 0.3 is 0 Å². The molecule has 3 rings (SSSR count). The maximum Gasteiger partial charge on any atom is 0.207 e. The van der Waals surface area contributed by atoms with Crippen molar-refractivity contribution in [1.29, 1.82) is 0 Å². The Hall–Kier alpha value is -1.61. The lowest BCUT2D eigenvalue weighted by atomic mass is 9.97. The van der Waals surface area contributed by atoms with E-state index >= 15 is 0 Å². The first kappa shape index (κ1) is 13.4. The van der Waals surface area contributed by atoms with Crippen LogP contribution in [0.1, 0.15) is 36.1 Å². The molecule has 0 saturated heterocycles. The first-order chi connectivity index (χ1) is 9.57. The Balaban J connectivity index is 2.29. The first-order valence-electron chi connectivity index (χ1n) is 7.05. The minimum absolute atomic E-state index is 0.498. The molecule has 0 amide bonds. The van der Waals surface area contributed by atoms with Gasteiger partial charge in [-0.05, 0) is 47.2 Å². The van der Waals surface area contributed by atoms with Crippen LogP contribution in [0.4, 0.5) is 0 Å². The van der Waals surface area contributed by atoms with E-state index in [0.717, 1.165) is 41.5 Å². The normalized spacial score (nSPS) is 15.5. The molecule has 20 heavy (non-hydrogen) atoms. The molecular formula is C17H18O2S. The minimum Gasteiger partial charge on any atom is -0.218 e. The lowest BCUT2D eigenvalue weighted by Gasteiger charge is -2.22. The summed E-state index contributed by atoms with van der Waals surface area (Å²) >= 11 is 0. The maximum absolute atomic E-state index is 12.8. The zero-order valence-electron chi connectivity index (χ0n) is 11.8. The van der Waals surface area contributed by atoms with Gasteiger partial charge in [0.25, 0.3) is 0 Å². The second kappa shape index (κ2) is 4.74. The zero-order valence-corrected chi connectivity index (χ0v) is 12.6. The van der Waals surface area contributed by atoms with Crippen LogP contribution < -0.4 is 0 Å². The molecule has 2 aromatic rings. The number of hydrogen-bond acceptors (Lipinski definition) is 2. The molecule has 0 bridgehead atoms. The predicted molar refractivity (Wildman–Crippen MR) is 79.9 cm³/mol. The SMILES string of the molecule is CCc1ccc2c(c1)S(=O)(=O)c1cccc(CC)c1C2. The molecule has 0 N–H and O–H groups in total. The molecule has 0 unspecified atom stereocenters. The molecule has 0 aromatic heterocycles. The van der Waals surface area contributed by atoms with Crippen LogP contribution >= 0.6 is 0 Å². The smallest absolute Gasteiger partial charge is 0.207 e. The molecule has 0 spiro atoms. The highest BCUT2D eigenvalue weighted by atomic mass is 32.2. The van der Waals surface area contributed by atoms with E-state index in [1.165, 1.54) is 0 Å². The summed E-state index contributed by atoms with van der Waals surface area (Å²) in [6.45, 7) is 4.11. The third kappa shape index (κ3) is 1.88. The van der Waals surface area contributed by atoms with E-state index < -0.39 is 9.84 Å². The van der Waals surface area contributed by atoms with E-state index in [2.05, 4.69) is 6.92 Å². The Kier molecular flexibility index (Phi) is 3.17. The Labute approximate surface area is 120 Å². The fourth-order valence-electron chi connectivity index (χ4n) is 2.92.